The smallest absolute Gasteiger partial charge is 0.269 e. The lowest BCUT2D eigenvalue weighted by Gasteiger charge is -2.33. The summed E-state index contributed by atoms with van der Waals surface area (Å²) in [6.07, 6.45) is 4.97. The molecular formula is C24H25ClN6O2S2. The second-order valence-electron chi connectivity index (χ2n) is 9.71. The van der Waals surface area contributed by atoms with Crippen molar-refractivity contribution in [2.24, 2.45) is 11.3 Å². The molecule has 0 aliphatic heterocycles. The van der Waals surface area contributed by atoms with Gasteiger partial charge in [0, 0.05) is 15.5 Å². The Hall–Kier alpha value is -2.69. The third kappa shape index (κ3) is 4.87. The van der Waals surface area contributed by atoms with Gasteiger partial charge in [0.1, 0.15) is 11.2 Å². The van der Waals surface area contributed by atoms with Gasteiger partial charge in [-0.2, -0.15) is 0 Å². The zero-order valence-corrected chi connectivity index (χ0v) is 22.0. The third-order valence-electron chi connectivity index (χ3n) is 6.40. The Morgan fingerprint density at radius 3 is 2.71 bits per heavy atom. The van der Waals surface area contributed by atoms with Crippen LogP contribution in [0, 0.1) is 11.3 Å². The minimum absolute atomic E-state index is 0.0642. The quantitative estimate of drug-likeness (QED) is 0.294. The molecule has 0 spiro atoms. The van der Waals surface area contributed by atoms with Crippen LogP contribution in [0.3, 0.4) is 0 Å². The fourth-order valence-corrected chi connectivity index (χ4v) is 6.45. The highest BCUT2D eigenvalue weighted by Crippen LogP contribution is 2.43. The molecule has 1 atom stereocenters. The molecule has 0 radical (unpaired) electrons. The van der Waals surface area contributed by atoms with Crippen LogP contribution in [0.1, 0.15) is 48.0 Å². The topological polar surface area (TPSA) is 101 Å². The first-order valence-electron chi connectivity index (χ1n) is 11.3. The molecule has 1 aromatic carbocycles. The van der Waals surface area contributed by atoms with Crippen LogP contribution in [0.15, 0.2) is 35.7 Å². The van der Waals surface area contributed by atoms with Gasteiger partial charge in [-0.1, -0.05) is 44.1 Å². The number of carbonyl (C=O) groups excluding carboxylic acids is 2. The summed E-state index contributed by atoms with van der Waals surface area (Å²) in [6.45, 7) is 6.94. The van der Waals surface area contributed by atoms with Gasteiger partial charge in [0.15, 0.2) is 10.8 Å². The van der Waals surface area contributed by atoms with Crippen molar-refractivity contribution in [3.8, 4) is 0 Å². The number of nitrogens with one attached hydrogen (secondary N) is 2. The Morgan fingerprint density at radius 1 is 1.20 bits per heavy atom. The average Bonchev–Trinajstić information content (AvgIpc) is 3.41. The summed E-state index contributed by atoms with van der Waals surface area (Å²) in [5.74, 6) is -0.0594. The molecule has 0 saturated heterocycles. The second kappa shape index (κ2) is 9.40. The molecule has 4 aromatic rings. The fourth-order valence-electron chi connectivity index (χ4n) is 4.36. The maximum absolute atomic E-state index is 12.3. The number of thiophene rings is 1. The van der Waals surface area contributed by atoms with Crippen molar-refractivity contribution in [2.75, 3.05) is 5.75 Å². The Kier molecular flexibility index (Phi) is 6.45. The minimum Gasteiger partial charge on any atom is -0.272 e. The zero-order chi connectivity index (χ0) is 24.7. The lowest BCUT2D eigenvalue weighted by Crippen LogP contribution is -2.42. The number of hydrogen-bond donors (Lipinski definition) is 2. The Bertz CT molecular complexity index is 1420. The van der Waals surface area contributed by atoms with E-state index in [1.807, 2.05) is 4.40 Å². The van der Waals surface area contributed by atoms with Crippen molar-refractivity contribution >= 4 is 62.4 Å². The van der Waals surface area contributed by atoms with E-state index >= 15 is 0 Å². The van der Waals surface area contributed by atoms with E-state index in [2.05, 4.69) is 46.8 Å². The summed E-state index contributed by atoms with van der Waals surface area (Å²) in [5.41, 5.74) is 7.63. The highest BCUT2D eigenvalue weighted by Gasteiger charge is 2.32. The van der Waals surface area contributed by atoms with Gasteiger partial charge in [0.25, 0.3) is 5.91 Å². The number of hydrazine groups is 1. The molecule has 1 aliphatic carbocycles. The van der Waals surface area contributed by atoms with Crippen LogP contribution >= 0.6 is 34.7 Å². The number of aryl methyl sites for hydroxylation is 1. The minimum atomic E-state index is -0.421. The van der Waals surface area contributed by atoms with E-state index in [4.69, 9.17) is 11.6 Å². The number of nitrogens with zero attached hydrogens (tertiary/aromatic N) is 4. The SMILES string of the molecule is CC(C)(C)[C@@H]1CCc2c(sc3ncn4c(SCC(=O)NNC(=O)c5ccc(Cl)cc5)nnc4c23)C1. The zero-order valence-electron chi connectivity index (χ0n) is 19.6. The average molecular weight is 529 g/mol. The van der Waals surface area contributed by atoms with Gasteiger partial charge in [-0.3, -0.25) is 24.8 Å². The summed E-state index contributed by atoms with van der Waals surface area (Å²) in [4.78, 5) is 31.5. The van der Waals surface area contributed by atoms with Crippen LogP contribution in [0.4, 0.5) is 0 Å². The lowest BCUT2D eigenvalue weighted by atomic mass is 9.72. The van der Waals surface area contributed by atoms with Gasteiger partial charge in [0.05, 0.1) is 11.1 Å². The van der Waals surface area contributed by atoms with Crippen LogP contribution in [0.2, 0.25) is 5.02 Å². The second-order valence-corrected chi connectivity index (χ2v) is 12.2. The van der Waals surface area contributed by atoms with Crippen molar-refractivity contribution in [2.45, 2.75) is 45.2 Å². The van der Waals surface area contributed by atoms with Gasteiger partial charge in [-0.15, -0.1) is 21.5 Å². The lowest BCUT2D eigenvalue weighted by molar-refractivity contribution is -0.119. The van der Waals surface area contributed by atoms with Gasteiger partial charge in [-0.05, 0) is 60.4 Å². The van der Waals surface area contributed by atoms with E-state index in [0.29, 0.717) is 21.7 Å². The molecule has 0 saturated carbocycles. The van der Waals surface area contributed by atoms with Gasteiger partial charge in [0.2, 0.25) is 5.91 Å². The molecule has 0 fully saturated rings. The van der Waals surface area contributed by atoms with Gasteiger partial charge >= 0.3 is 0 Å². The van der Waals surface area contributed by atoms with Crippen LogP contribution in [-0.4, -0.2) is 37.1 Å². The third-order valence-corrected chi connectivity index (χ3v) is 8.76. The van der Waals surface area contributed by atoms with E-state index in [1.165, 1.54) is 22.2 Å². The standard InChI is InChI=1S/C24H25ClN6O2S2/c1-24(2,3)14-6-9-16-17(10-14)35-22-19(16)20-28-30-23(31(20)12-26-22)34-11-18(32)27-29-21(33)13-4-7-15(25)8-5-13/h4-5,7-8,12,14H,6,9-11H2,1-3H3,(H,27,32)(H,29,33)/t14-/m1/s1. The highest BCUT2D eigenvalue weighted by atomic mass is 35.5. The largest absolute Gasteiger partial charge is 0.272 e. The Labute approximate surface area is 215 Å². The first-order valence-corrected chi connectivity index (χ1v) is 13.5. The summed E-state index contributed by atoms with van der Waals surface area (Å²) >= 11 is 8.83. The number of halogens is 1. The first kappa shape index (κ1) is 24.0. The molecule has 5 rings (SSSR count). The van der Waals surface area contributed by atoms with Crippen molar-refractivity contribution in [3.63, 3.8) is 0 Å². The summed E-state index contributed by atoms with van der Waals surface area (Å²) in [6, 6.07) is 6.40. The molecule has 182 valence electrons. The highest BCUT2D eigenvalue weighted by molar-refractivity contribution is 7.99. The van der Waals surface area contributed by atoms with Crippen molar-refractivity contribution in [3.05, 3.63) is 51.6 Å². The number of rotatable bonds is 4. The molecule has 3 heterocycles. The maximum Gasteiger partial charge on any atom is 0.269 e. The monoisotopic (exact) mass is 528 g/mol. The van der Waals surface area contributed by atoms with E-state index < -0.39 is 5.91 Å². The Morgan fingerprint density at radius 2 is 1.97 bits per heavy atom. The molecule has 3 aromatic heterocycles. The predicted molar refractivity (Wildman–Crippen MR) is 139 cm³/mol. The predicted octanol–water partition coefficient (Wildman–Crippen LogP) is 4.70. The molecule has 1 aliphatic rings. The van der Waals surface area contributed by atoms with Crippen LogP contribution in [0.25, 0.3) is 15.9 Å². The fraction of sp³-hybridized carbons (Fsp3) is 0.375. The number of carbonyl (C=O) groups is 2. The molecule has 8 nitrogen and oxygen atoms in total. The molecule has 2 amide bonds. The first-order chi connectivity index (χ1) is 16.7. The number of aromatic nitrogens is 4. The van der Waals surface area contributed by atoms with Crippen LogP contribution in [-0.2, 0) is 17.6 Å². The molecule has 0 bridgehead atoms. The molecule has 35 heavy (non-hydrogen) atoms. The van der Waals surface area contributed by atoms with Crippen LogP contribution < -0.4 is 10.9 Å². The number of hydrogen-bond acceptors (Lipinski definition) is 7. The summed E-state index contributed by atoms with van der Waals surface area (Å²) in [7, 11) is 0. The number of thioether (sulfide) groups is 1. The van der Waals surface area contributed by atoms with E-state index in [9.17, 15) is 9.59 Å². The van der Waals surface area contributed by atoms with Crippen molar-refractivity contribution < 1.29 is 9.59 Å². The molecule has 2 N–H and O–H groups in total. The molecule has 0 unspecified atom stereocenters. The number of fused-ring (bicyclic) bond motifs is 5. The maximum atomic E-state index is 12.3. The van der Waals surface area contributed by atoms with Crippen LogP contribution in [0.5, 0.6) is 0 Å². The van der Waals surface area contributed by atoms with Crippen molar-refractivity contribution in [1.29, 1.82) is 0 Å². The van der Waals surface area contributed by atoms with Gasteiger partial charge in [-0.25, -0.2) is 4.98 Å². The Balaban J connectivity index is 1.27. The van der Waals surface area contributed by atoms with E-state index in [0.717, 1.165) is 35.1 Å². The number of benzene rings is 1. The van der Waals surface area contributed by atoms with Gasteiger partial charge < -0.3 is 0 Å². The summed E-state index contributed by atoms with van der Waals surface area (Å²) < 4.78 is 1.84. The normalized spacial score (nSPS) is 15.8. The summed E-state index contributed by atoms with van der Waals surface area (Å²) in [5, 5.41) is 10.9. The number of amides is 2. The van der Waals surface area contributed by atoms with E-state index in [1.54, 1.807) is 41.9 Å². The van der Waals surface area contributed by atoms with E-state index in [-0.39, 0.29) is 17.1 Å². The molecule has 11 heteroatoms. The molecular weight excluding hydrogens is 504 g/mol. The van der Waals surface area contributed by atoms with Crippen molar-refractivity contribution in [1.82, 2.24) is 30.4 Å².